The van der Waals surface area contributed by atoms with E-state index in [0.29, 0.717) is 5.41 Å². The molecule has 1 aliphatic carbocycles. The molecule has 82 valence electrons. The Bertz CT molecular complexity index is 164. The van der Waals surface area contributed by atoms with Gasteiger partial charge < -0.3 is 4.90 Å². The van der Waals surface area contributed by atoms with Crippen molar-refractivity contribution in [1.29, 1.82) is 0 Å². The Morgan fingerprint density at radius 1 is 0.929 bits per heavy atom. The average molecular weight is 260 g/mol. The number of likely N-dealkylation sites (tertiary alicyclic amines) is 1. The molecule has 2 heteroatoms. The Morgan fingerprint density at radius 3 is 2.00 bits per heavy atom. The molecule has 0 amide bonds. The zero-order valence-electron chi connectivity index (χ0n) is 9.10. The summed E-state index contributed by atoms with van der Waals surface area (Å²) >= 11 is 3.70. The molecule has 0 unspecified atom stereocenters. The topological polar surface area (TPSA) is 3.24 Å². The van der Waals surface area contributed by atoms with Gasteiger partial charge >= 0.3 is 0 Å². The zero-order chi connectivity index (χ0) is 9.86. The first-order chi connectivity index (χ1) is 6.85. The van der Waals surface area contributed by atoms with Crippen molar-refractivity contribution in [2.75, 3.05) is 25.0 Å². The first kappa shape index (κ1) is 10.9. The SMILES string of the molecule is BrCC1(CN2CCCCCC2)CCC1. The molecule has 1 aliphatic heterocycles. The van der Waals surface area contributed by atoms with Crippen molar-refractivity contribution in [3.63, 3.8) is 0 Å². The second-order valence-electron chi connectivity index (χ2n) is 5.18. The summed E-state index contributed by atoms with van der Waals surface area (Å²) in [7, 11) is 0. The number of hydrogen-bond donors (Lipinski definition) is 0. The van der Waals surface area contributed by atoms with Crippen LogP contribution in [-0.4, -0.2) is 29.9 Å². The molecule has 0 atom stereocenters. The molecule has 2 aliphatic rings. The maximum absolute atomic E-state index is 3.70. The van der Waals surface area contributed by atoms with Gasteiger partial charge in [0, 0.05) is 11.9 Å². The van der Waals surface area contributed by atoms with E-state index in [-0.39, 0.29) is 0 Å². The third-order valence-electron chi connectivity index (χ3n) is 3.96. The smallest absolute Gasteiger partial charge is 0.0100 e. The highest BCUT2D eigenvalue weighted by atomic mass is 79.9. The molecule has 0 aromatic rings. The predicted molar refractivity (Wildman–Crippen MR) is 65.0 cm³/mol. The Morgan fingerprint density at radius 2 is 1.57 bits per heavy atom. The van der Waals surface area contributed by atoms with Gasteiger partial charge in [0.15, 0.2) is 0 Å². The third-order valence-corrected chi connectivity index (χ3v) is 5.14. The van der Waals surface area contributed by atoms with Crippen LogP contribution < -0.4 is 0 Å². The van der Waals surface area contributed by atoms with Crippen LogP contribution in [0, 0.1) is 5.41 Å². The van der Waals surface area contributed by atoms with E-state index < -0.39 is 0 Å². The lowest BCUT2D eigenvalue weighted by Crippen LogP contribution is -2.43. The van der Waals surface area contributed by atoms with E-state index in [1.165, 1.54) is 69.9 Å². The van der Waals surface area contributed by atoms with Gasteiger partial charge in [-0.1, -0.05) is 35.2 Å². The van der Waals surface area contributed by atoms with Crippen molar-refractivity contribution in [3.8, 4) is 0 Å². The van der Waals surface area contributed by atoms with Gasteiger partial charge in [0.05, 0.1) is 0 Å². The molecule has 0 spiro atoms. The van der Waals surface area contributed by atoms with Crippen LogP contribution >= 0.6 is 15.9 Å². The standard InChI is InChI=1S/C12H22BrN/c13-10-12(6-5-7-12)11-14-8-3-1-2-4-9-14/h1-11H2. The Balaban J connectivity index is 1.82. The molecule has 1 saturated carbocycles. The molecule has 2 rings (SSSR count). The molecule has 1 saturated heterocycles. The number of rotatable bonds is 3. The minimum Gasteiger partial charge on any atom is -0.303 e. The molecular weight excluding hydrogens is 238 g/mol. The van der Waals surface area contributed by atoms with Crippen LogP contribution in [0.3, 0.4) is 0 Å². The normalized spacial score (nSPS) is 28.1. The molecule has 0 aromatic carbocycles. The lowest BCUT2D eigenvalue weighted by atomic mass is 9.70. The van der Waals surface area contributed by atoms with Crippen LogP contribution in [-0.2, 0) is 0 Å². The molecular formula is C12H22BrN. The average Bonchev–Trinajstić information content (AvgIpc) is 2.39. The van der Waals surface area contributed by atoms with Gasteiger partial charge in [0.1, 0.15) is 0 Å². The van der Waals surface area contributed by atoms with Crippen LogP contribution in [0.2, 0.25) is 0 Å². The fourth-order valence-corrected chi connectivity index (χ4v) is 3.52. The van der Waals surface area contributed by atoms with Crippen molar-refractivity contribution < 1.29 is 0 Å². The van der Waals surface area contributed by atoms with Crippen LogP contribution in [0.1, 0.15) is 44.9 Å². The van der Waals surface area contributed by atoms with Crippen molar-refractivity contribution in [1.82, 2.24) is 4.90 Å². The monoisotopic (exact) mass is 259 g/mol. The van der Waals surface area contributed by atoms with Crippen molar-refractivity contribution in [2.45, 2.75) is 44.9 Å². The van der Waals surface area contributed by atoms with Crippen LogP contribution in [0.4, 0.5) is 0 Å². The predicted octanol–water partition coefficient (Wildman–Crippen LogP) is 3.43. The van der Waals surface area contributed by atoms with E-state index in [2.05, 4.69) is 20.8 Å². The van der Waals surface area contributed by atoms with Gasteiger partial charge in [-0.25, -0.2) is 0 Å². The van der Waals surface area contributed by atoms with E-state index >= 15 is 0 Å². The van der Waals surface area contributed by atoms with Crippen molar-refractivity contribution in [3.05, 3.63) is 0 Å². The van der Waals surface area contributed by atoms with Crippen molar-refractivity contribution in [2.24, 2.45) is 5.41 Å². The van der Waals surface area contributed by atoms with Gasteiger partial charge in [-0.2, -0.15) is 0 Å². The van der Waals surface area contributed by atoms with Gasteiger partial charge in [0.2, 0.25) is 0 Å². The highest BCUT2D eigenvalue weighted by molar-refractivity contribution is 9.09. The molecule has 14 heavy (non-hydrogen) atoms. The minimum atomic E-state index is 0.657. The summed E-state index contributed by atoms with van der Waals surface area (Å²) in [5.41, 5.74) is 0.657. The van der Waals surface area contributed by atoms with E-state index in [9.17, 15) is 0 Å². The van der Waals surface area contributed by atoms with Crippen LogP contribution in [0.5, 0.6) is 0 Å². The van der Waals surface area contributed by atoms with Gasteiger partial charge in [-0.05, 0) is 44.2 Å². The largest absolute Gasteiger partial charge is 0.303 e. The maximum atomic E-state index is 3.70. The quantitative estimate of drug-likeness (QED) is 0.703. The second kappa shape index (κ2) is 4.98. The Kier molecular flexibility index (Phi) is 3.89. The molecule has 1 nitrogen and oxygen atoms in total. The lowest BCUT2D eigenvalue weighted by Gasteiger charge is -2.44. The summed E-state index contributed by atoms with van der Waals surface area (Å²) in [5.74, 6) is 0. The third kappa shape index (κ3) is 2.52. The number of nitrogens with zero attached hydrogens (tertiary/aromatic N) is 1. The summed E-state index contributed by atoms with van der Waals surface area (Å²) in [5, 5.41) is 1.22. The molecule has 0 N–H and O–H groups in total. The van der Waals surface area contributed by atoms with Crippen molar-refractivity contribution >= 4 is 15.9 Å². The summed E-state index contributed by atoms with van der Waals surface area (Å²) < 4.78 is 0. The fourth-order valence-electron chi connectivity index (χ4n) is 2.78. The lowest BCUT2D eigenvalue weighted by molar-refractivity contribution is 0.0932. The highest BCUT2D eigenvalue weighted by Gasteiger charge is 2.37. The van der Waals surface area contributed by atoms with Crippen LogP contribution in [0.25, 0.3) is 0 Å². The van der Waals surface area contributed by atoms with Gasteiger partial charge in [-0.3, -0.25) is 0 Å². The number of alkyl halides is 1. The molecule has 0 radical (unpaired) electrons. The van der Waals surface area contributed by atoms with E-state index in [0.717, 1.165) is 0 Å². The molecule has 0 aromatic heterocycles. The first-order valence-corrected chi connectivity index (χ1v) is 7.25. The minimum absolute atomic E-state index is 0.657. The fraction of sp³-hybridized carbons (Fsp3) is 1.00. The zero-order valence-corrected chi connectivity index (χ0v) is 10.7. The maximum Gasteiger partial charge on any atom is 0.0100 e. The Hall–Kier alpha value is 0.440. The molecule has 0 bridgehead atoms. The number of hydrogen-bond acceptors (Lipinski definition) is 1. The van der Waals surface area contributed by atoms with E-state index in [1.54, 1.807) is 0 Å². The van der Waals surface area contributed by atoms with Gasteiger partial charge in [0.25, 0.3) is 0 Å². The van der Waals surface area contributed by atoms with E-state index in [1.807, 2.05) is 0 Å². The van der Waals surface area contributed by atoms with Crippen LogP contribution in [0.15, 0.2) is 0 Å². The second-order valence-corrected chi connectivity index (χ2v) is 5.74. The summed E-state index contributed by atoms with van der Waals surface area (Å²) in [4.78, 5) is 2.72. The molecule has 2 fully saturated rings. The van der Waals surface area contributed by atoms with Gasteiger partial charge in [-0.15, -0.1) is 0 Å². The summed E-state index contributed by atoms with van der Waals surface area (Å²) in [6.45, 7) is 4.07. The van der Waals surface area contributed by atoms with E-state index in [4.69, 9.17) is 0 Å². The molecule has 1 heterocycles. The number of halogens is 1. The summed E-state index contributed by atoms with van der Waals surface area (Å²) in [6, 6.07) is 0. The highest BCUT2D eigenvalue weighted by Crippen LogP contribution is 2.43. The summed E-state index contributed by atoms with van der Waals surface area (Å²) in [6.07, 6.45) is 10.1. The first-order valence-electron chi connectivity index (χ1n) is 6.13. The Labute approximate surface area is 96.4 Å².